The Morgan fingerprint density at radius 2 is 2.11 bits per heavy atom. The van der Waals surface area contributed by atoms with Gasteiger partial charge in [0.15, 0.2) is 0 Å². The highest BCUT2D eigenvalue weighted by molar-refractivity contribution is 5.67. The first kappa shape index (κ1) is 12.9. The Hall–Kier alpha value is -1.51. The number of rotatable bonds is 3. The lowest BCUT2D eigenvalue weighted by Gasteiger charge is -2.27. The van der Waals surface area contributed by atoms with E-state index in [-0.39, 0.29) is 12.1 Å². The van der Waals surface area contributed by atoms with E-state index in [0.717, 1.165) is 18.4 Å². The molecule has 3 heteroatoms. The third-order valence-corrected chi connectivity index (χ3v) is 3.47. The van der Waals surface area contributed by atoms with Crippen LogP contribution in [0.1, 0.15) is 38.2 Å². The van der Waals surface area contributed by atoms with Crippen LogP contribution in [-0.4, -0.2) is 12.1 Å². The van der Waals surface area contributed by atoms with Gasteiger partial charge in [-0.15, -0.1) is 0 Å². The number of alkyl carbamates (subject to hydrolysis) is 1. The summed E-state index contributed by atoms with van der Waals surface area (Å²) in [6, 6.07) is 10.0. The maximum absolute atomic E-state index is 11.7. The van der Waals surface area contributed by atoms with Gasteiger partial charge in [-0.1, -0.05) is 50.1 Å². The summed E-state index contributed by atoms with van der Waals surface area (Å²) < 4.78 is 5.22. The van der Waals surface area contributed by atoms with E-state index in [1.54, 1.807) is 0 Å². The molecular weight excluding hydrogens is 226 g/mol. The van der Waals surface area contributed by atoms with E-state index >= 15 is 0 Å². The maximum Gasteiger partial charge on any atom is 0.407 e. The van der Waals surface area contributed by atoms with Crippen molar-refractivity contribution in [2.45, 2.75) is 45.3 Å². The molecule has 0 saturated heterocycles. The van der Waals surface area contributed by atoms with Crippen molar-refractivity contribution >= 4 is 6.09 Å². The monoisotopic (exact) mass is 247 g/mol. The molecule has 1 fully saturated rings. The SMILES string of the molecule is C[C@H]1CCC[C@@H](NC(=O)OCc2ccccc2)C1. The van der Waals surface area contributed by atoms with Crippen LogP contribution in [0.3, 0.4) is 0 Å². The van der Waals surface area contributed by atoms with Gasteiger partial charge in [0.25, 0.3) is 0 Å². The number of carbonyl (C=O) groups excluding carboxylic acids is 1. The molecule has 0 unspecified atom stereocenters. The lowest BCUT2D eigenvalue weighted by Crippen LogP contribution is -2.38. The largest absolute Gasteiger partial charge is 0.445 e. The highest BCUT2D eigenvalue weighted by Gasteiger charge is 2.20. The minimum atomic E-state index is -0.294. The molecule has 98 valence electrons. The highest BCUT2D eigenvalue weighted by atomic mass is 16.5. The zero-order valence-corrected chi connectivity index (χ0v) is 10.9. The van der Waals surface area contributed by atoms with Crippen molar-refractivity contribution < 1.29 is 9.53 Å². The minimum absolute atomic E-state index is 0.289. The van der Waals surface area contributed by atoms with Crippen molar-refractivity contribution in [2.75, 3.05) is 0 Å². The fourth-order valence-electron chi connectivity index (χ4n) is 2.50. The van der Waals surface area contributed by atoms with Crippen LogP contribution in [0.5, 0.6) is 0 Å². The maximum atomic E-state index is 11.7. The normalized spacial score (nSPS) is 23.4. The molecule has 0 radical (unpaired) electrons. The Bertz CT molecular complexity index is 377. The Morgan fingerprint density at radius 3 is 2.83 bits per heavy atom. The summed E-state index contributed by atoms with van der Waals surface area (Å²) in [6.45, 7) is 2.58. The van der Waals surface area contributed by atoms with Gasteiger partial charge in [0.1, 0.15) is 6.61 Å². The number of nitrogens with one attached hydrogen (secondary N) is 1. The Labute approximate surface area is 109 Å². The molecule has 1 N–H and O–H groups in total. The molecular formula is C15H21NO2. The number of ether oxygens (including phenoxy) is 1. The third kappa shape index (κ3) is 4.06. The quantitative estimate of drug-likeness (QED) is 0.888. The van der Waals surface area contributed by atoms with Gasteiger partial charge in [0, 0.05) is 6.04 Å². The van der Waals surface area contributed by atoms with Gasteiger partial charge >= 0.3 is 6.09 Å². The molecule has 0 heterocycles. The van der Waals surface area contributed by atoms with Crippen molar-refractivity contribution in [3.8, 4) is 0 Å². The van der Waals surface area contributed by atoms with Gasteiger partial charge in [-0.3, -0.25) is 0 Å². The van der Waals surface area contributed by atoms with Crippen molar-refractivity contribution in [1.82, 2.24) is 5.32 Å². The van der Waals surface area contributed by atoms with Crippen LogP contribution in [0.4, 0.5) is 4.79 Å². The summed E-state index contributed by atoms with van der Waals surface area (Å²) >= 11 is 0. The van der Waals surface area contributed by atoms with Crippen LogP contribution in [0.2, 0.25) is 0 Å². The van der Waals surface area contributed by atoms with Crippen LogP contribution in [0.15, 0.2) is 30.3 Å². The first-order chi connectivity index (χ1) is 8.74. The molecule has 2 atom stereocenters. The molecule has 1 amide bonds. The van der Waals surface area contributed by atoms with Crippen molar-refractivity contribution in [1.29, 1.82) is 0 Å². The van der Waals surface area contributed by atoms with E-state index < -0.39 is 0 Å². The Morgan fingerprint density at radius 1 is 1.33 bits per heavy atom. The number of amides is 1. The lowest BCUT2D eigenvalue weighted by molar-refractivity contribution is 0.131. The van der Waals surface area contributed by atoms with E-state index in [2.05, 4.69) is 12.2 Å². The summed E-state index contributed by atoms with van der Waals surface area (Å²) in [4.78, 5) is 11.7. The summed E-state index contributed by atoms with van der Waals surface area (Å²) in [5.74, 6) is 0.707. The van der Waals surface area contributed by atoms with E-state index in [4.69, 9.17) is 4.74 Å². The third-order valence-electron chi connectivity index (χ3n) is 3.47. The van der Waals surface area contributed by atoms with Gasteiger partial charge in [0.2, 0.25) is 0 Å². The van der Waals surface area contributed by atoms with Crippen molar-refractivity contribution in [3.63, 3.8) is 0 Å². The number of hydrogen-bond donors (Lipinski definition) is 1. The van der Waals surface area contributed by atoms with Crippen LogP contribution < -0.4 is 5.32 Å². The number of carbonyl (C=O) groups is 1. The summed E-state index contributed by atoms with van der Waals surface area (Å²) in [5, 5.41) is 2.96. The molecule has 18 heavy (non-hydrogen) atoms. The van der Waals surface area contributed by atoms with Crippen LogP contribution in [-0.2, 0) is 11.3 Å². The lowest BCUT2D eigenvalue weighted by atomic mass is 9.87. The van der Waals surface area contributed by atoms with E-state index in [0.29, 0.717) is 12.5 Å². The fourth-order valence-corrected chi connectivity index (χ4v) is 2.50. The van der Waals surface area contributed by atoms with E-state index in [9.17, 15) is 4.79 Å². The Kier molecular flexibility index (Phi) is 4.62. The second kappa shape index (κ2) is 6.43. The molecule has 0 aromatic heterocycles. The molecule has 1 aliphatic carbocycles. The van der Waals surface area contributed by atoms with Gasteiger partial charge in [-0.25, -0.2) is 4.79 Å². The zero-order chi connectivity index (χ0) is 12.8. The fraction of sp³-hybridized carbons (Fsp3) is 0.533. The van der Waals surface area contributed by atoms with Gasteiger partial charge in [0.05, 0.1) is 0 Å². The molecule has 1 aromatic carbocycles. The minimum Gasteiger partial charge on any atom is -0.445 e. The van der Waals surface area contributed by atoms with Crippen molar-refractivity contribution in [3.05, 3.63) is 35.9 Å². The first-order valence-electron chi connectivity index (χ1n) is 6.71. The molecule has 2 rings (SSSR count). The number of hydrogen-bond acceptors (Lipinski definition) is 2. The van der Waals surface area contributed by atoms with Gasteiger partial charge in [-0.2, -0.15) is 0 Å². The summed E-state index contributed by atoms with van der Waals surface area (Å²) in [5.41, 5.74) is 1.02. The van der Waals surface area contributed by atoms with Crippen molar-refractivity contribution in [2.24, 2.45) is 5.92 Å². The molecule has 1 aromatic rings. The first-order valence-corrected chi connectivity index (χ1v) is 6.71. The smallest absolute Gasteiger partial charge is 0.407 e. The molecule has 0 spiro atoms. The zero-order valence-electron chi connectivity index (χ0n) is 10.9. The van der Waals surface area contributed by atoms with Crippen LogP contribution in [0, 0.1) is 5.92 Å². The van der Waals surface area contributed by atoms with Gasteiger partial charge in [-0.05, 0) is 24.3 Å². The second-order valence-electron chi connectivity index (χ2n) is 5.17. The predicted molar refractivity (Wildman–Crippen MR) is 71.2 cm³/mol. The molecule has 1 saturated carbocycles. The molecule has 0 bridgehead atoms. The standard InChI is InChI=1S/C15H21NO2/c1-12-6-5-9-14(10-12)16-15(17)18-11-13-7-3-2-4-8-13/h2-4,7-8,12,14H,5-6,9-11H2,1H3,(H,16,17)/t12-,14+/m0/s1. The van der Waals surface area contributed by atoms with Crippen LogP contribution >= 0.6 is 0 Å². The molecule has 3 nitrogen and oxygen atoms in total. The average Bonchev–Trinajstić information content (AvgIpc) is 2.38. The van der Waals surface area contributed by atoms with E-state index in [1.165, 1.54) is 12.8 Å². The molecule has 0 aliphatic heterocycles. The van der Waals surface area contributed by atoms with E-state index in [1.807, 2.05) is 30.3 Å². The predicted octanol–water partition coefficient (Wildman–Crippen LogP) is 3.49. The summed E-state index contributed by atoms with van der Waals surface area (Å²) in [6.07, 6.45) is 4.32. The summed E-state index contributed by atoms with van der Waals surface area (Å²) in [7, 11) is 0. The Balaban J connectivity index is 1.72. The van der Waals surface area contributed by atoms with Crippen LogP contribution in [0.25, 0.3) is 0 Å². The molecule has 1 aliphatic rings. The average molecular weight is 247 g/mol. The highest BCUT2D eigenvalue weighted by Crippen LogP contribution is 2.23. The number of benzene rings is 1. The van der Waals surface area contributed by atoms with Gasteiger partial charge < -0.3 is 10.1 Å². The second-order valence-corrected chi connectivity index (χ2v) is 5.17. The topological polar surface area (TPSA) is 38.3 Å².